The summed E-state index contributed by atoms with van der Waals surface area (Å²) in [6, 6.07) is 4.56. The minimum Gasteiger partial charge on any atom is -0.465 e. The molecule has 1 aromatic rings. The fraction of sp³-hybridized carbons (Fsp3) is 0.533. The van der Waals surface area contributed by atoms with Crippen LogP contribution in [0.5, 0.6) is 0 Å². The largest absolute Gasteiger partial charge is 0.465 e. The molecule has 1 N–H and O–H groups in total. The molecule has 0 aliphatic carbocycles. The molecule has 2 atom stereocenters. The van der Waals surface area contributed by atoms with Crippen LogP contribution in [-0.2, 0) is 14.8 Å². The maximum absolute atomic E-state index is 13.0. The zero-order chi connectivity index (χ0) is 16.5. The van der Waals surface area contributed by atoms with E-state index in [1.165, 1.54) is 17.5 Å². The summed E-state index contributed by atoms with van der Waals surface area (Å²) in [5.74, 6) is -0.543. The molecule has 0 radical (unpaired) electrons. The molecule has 0 spiro atoms. The van der Waals surface area contributed by atoms with Gasteiger partial charge < -0.3 is 10.1 Å². The van der Waals surface area contributed by atoms with Gasteiger partial charge in [-0.15, -0.1) is 12.4 Å². The first-order valence-electron chi connectivity index (χ1n) is 7.21. The van der Waals surface area contributed by atoms with Crippen LogP contribution >= 0.6 is 12.4 Å². The molecular weight excluding hydrogens is 340 g/mol. The summed E-state index contributed by atoms with van der Waals surface area (Å²) >= 11 is 0. The average molecular weight is 363 g/mol. The molecule has 2 rings (SSSR count). The Bertz CT molecular complexity index is 678. The van der Waals surface area contributed by atoms with Crippen molar-refractivity contribution >= 4 is 28.4 Å². The molecule has 1 heterocycles. The lowest BCUT2D eigenvalue weighted by Gasteiger charge is -2.36. The van der Waals surface area contributed by atoms with E-state index in [4.69, 9.17) is 0 Å². The summed E-state index contributed by atoms with van der Waals surface area (Å²) in [5, 5.41) is 3.26. The van der Waals surface area contributed by atoms with Gasteiger partial charge in [-0.05, 0) is 38.5 Å². The van der Waals surface area contributed by atoms with Crippen molar-refractivity contribution in [2.45, 2.75) is 37.8 Å². The summed E-state index contributed by atoms with van der Waals surface area (Å²) in [6.45, 7) is 6.56. The number of hydrogen-bond acceptors (Lipinski definition) is 5. The molecule has 0 saturated carbocycles. The second-order valence-electron chi connectivity index (χ2n) is 5.70. The number of carbonyl (C=O) groups excluding carboxylic acids is 1. The van der Waals surface area contributed by atoms with Crippen LogP contribution in [0, 0.1) is 6.92 Å². The van der Waals surface area contributed by atoms with Crippen molar-refractivity contribution in [2.24, 2.45) is 0 Å². The number of carbonyl (C=O) groups is 1. The molecule has 6 nitrogen and oxygen atoms in total. The van der Waals surface area contributed by atoms with Gasteiger partial charge in [-0.2, -0.15) is 4.31 Å². The maximum Gasteiger partial charge on any atom is 0.337 e. The standard InChI is InChI=1S/C15H22N2O4S.ClH/c1-10-5-6-13(15(18)21-4)7-14(10)22(19,20)17-9-11(2)16-8-12(17)3;/h5-7,11-12,16H,8-9H2,1-4H3;1H. The predicted octanol–water partition coefficient (Wildman–Crippen LogP) is 1.57. The van der Waals surface area contributed by atoms with E-state index in [0.717, 1.165) is 0 Å². The minimum atomic E-state index is -3.65. The fourth-order valence-corrected chi connectivity index (χ4v) is 4.54. The smallest absolute Gasteiger partial charge is 0.337 e. The Kier molecular flexibility index (Phi) is 6.59. The van der Waals surface area contributed by atoms with Crippen LogP contribution < -0.4 is 5.32 Å². The van der Waals surface area contributed by atoms with Crippen LogP contribution in [0.1, 0.15) is 29.8 Å². The summed E-state index contributed by atoms with van der Waals surface area (Å²) < 4.78 is 32.1. The van der Waals surface area contributed by atoms with Gasteiger partial charge in [-0.1, -0.05) is 6.07 Å². The quantitative estimate of drug-likeness (QED) is 0.826. The van der Waals surface area contributed by atoms with E-state index in [0.29, 0.717) is 18.7 Å². The van der Waals surface area contributed by atoms with Crippen LogP contribution in [-0.4, -0.2) is 51.0 Å². The van der Waals surface area contributed by atoms with E-state index in [-0.39, 0.29) is 34.9 Å². The lowest BCUT2D eigenvalue weighted by molar-refractivity contribution is 0.0600. The molecule has 8 heteroatoms. The molecule has 2 unspecified atom stereocenters. The number of piperazine rings is 1. The zero-order valence-electron chi connectivity index (χ0n) is 13.7. The van der Waals surface area contributed by atoms with E-state index >= 15 is 0 Å². The van der Waals surface area contributed by atoms with Crippen molar-refractivity contribution in [2.75, 3.05) is 20.2 Å². The molecule has 0 amide bonds. The van der Waals surface area contributed by atoms with E-state index in [1.54, 1.807) is 19.1 Å². The normalized spacial score (nSPS) is 22.3. The van der Waals surface area contributed by atoms with Gasteiger partial charge in [0.15, 0.2) is 0 Å². The number of nitrogens with one attached hydrogen (secondary N) is 1. The van der Waals surface area contributed by atoms with Gasteiger partial charge in [0.05, 0.1) is 17.6 Å². The zero-order valence-corrected chi connectivity index (χ0v) is 15.3. The third-order valence-electron chi connectivity index (χ3n) is 3.90. The second kappa shape index (κ2) is 7.61. The Hall–Kier alpha value is -1.15. The van der Waals surface area contributed by atoms with Gasteiger partial charge in [0.25, 0.3) is 0 Å². The molecular formula is C15H23ClN2O4S. The molecule has 1 aromatic carbocycles. The Morgan fingerprint density at radius 2 is 2.00 bits per heavy atom. The highest BCUT2D eigenvalue weighted by Crippen LogP contribution is 2.25. The number of benzene rings is 1. The van der Waals surface area contributed by atoms with Crippen molar-refractivity contribution in [1.82, 2.24) is 9.62 Å². The first-order chi connectivity index (χ1) is 10.3. The van der Waals surface area contributed by atoms with Crippen molar-refractivity contribution in [3.05, 3.63) is 29.3 Å². The van der Waals surface area contributed by atoms with E-state index in [9.17, 15) is 13.2 Å². The Balaban J connectivity index is 0.00000264. The summed E-state index contributed by atoms with van der Waals surface area (Å²) in [4.78, 5) is 11.8. The van der Waals surface area contributed by atoms with Gasteiger partial charge >= 0.3 is 5.97 Å². The summed E-state index contributed by atoms with van der Waals surface area (Å²) in [5.41, 5.74) is 0.855. The van der Waals surface area contributed by atoms with Crippen LogP contribution in [0.2, 0.25) is 0 Å². The van der Waals surface area contributed by atoms with Crippen LogP contribution in [0.15, 0.2) is 23.1 Å². The van der Waals surface area contributed by atoms with Gasteiger partial charge in [0.1, 0.15) is 0 Å². The van der Waals surface area contributed by atoms with Crippen LogP contribution in [0.25, 0.3) is 0 Å². The third kappa shape index (κ3) is 4.03. The molecule has 0 aromatic heterocycles. The number of esters is 1. The molecule has 0 bridgehead atoms. The number of hydrogen-bond donors (Lipinski definition) is 1. The van der Waals surface area contributed by atoms with Gasteiger partial charge in [0.2, 0.25) is 10.0 Å². The van der Waals surface area contributed by atoms with E-state index in [1.807, 2.05) is 13.8 Å². The van der Waals surface area contributed by atoms with Gasteiger partial charge in [0, 0.05) is 25.2 Å². The van der Waals surface area contributed by atoms with Crippen LogP contribution in [0.4, 0.5) is 0 Å². The third-order valence-corrected chi connectivity index (χ3v) is 6.03. The SMILES string of the molecule is COC(=O)c1ccc(C)c(S(=O)(=O)N2CC(C)NCC2C)c1.Cl. The first-order valence-corrected chi connectivity index (χ1v) is 8.65. The summed E-state index contributed by atoms with van der Waals surface area (Å²) in [7, 11) is -2.38. The molecule has 1 fully saturated rings. The number of ether oxygens (including phenoxy) is 1. The fourth-order valence-electron chi connectivity index (χ4n) is 2.57. The van der Waals surface area contributed by atoms with Crippen molar-refractivity contribution in [1.29, 1.82) is 0 Å². The van der Waals surface area contributed by atoms with Gasteiger partial charge in [-0.25, -0.2) is 13.2 Å². The molecule has 1 aliphatic heterocycles. The molecule has 1 aliphatic rings. The average Bonchev–Trinajstić information content (AvgIpc) is 2.49. The molecule has 130 valence electrons. The monoisotopic (exact) mass is 362 g/mol. The minimum absolute atomic E-state index is 0. The lowest BCUT2D eigenvalue weighted by atomic mass is 10.1. The highest BCUT2D eigenvalue weighted by molar-refractivity contribution is 7.89. The topological polar surface area (TPSA) is 75.7 Å². The first kappa shape index (κ1) is 19.9. The Morgan fingerprint density at radius 3 is 2.61 bits per heavy atom. The Morgan fingerprint density at radius 1 is 1.35 bits per heavy atom. The van der Waals surface area contributed by atoms with Crippen molar-refractivity contribution in [3.8, 4) is 0 Å². The van der Waals surface area contributed by atoms with E-state index < -0.39 is 16.0 Å². The van der Waals surface area contributed by atoms with Gasteiger partial charge in [-0.3, -0.25) is 0 Å². The second-order valence-corrected chi connectivity index (χ2v) is 7.56. The lowest BCUT2D eigenvalue weighted by Crippen LogP contribution is -2.56. The number of aryl methyl sites for hydroxylation is 1. The summed E-state index contributed by atoms with van der Waals surface area (Å²) in [6.07, 6.45) is 0. The highest BCUT2D eigenvalue weighted by atomic mass is 35.5. The number of nitrogens with zero attached hydrogens (tertiary/aromatic N) is 1. The van der Waals surface area contributed by atoms with Crippen molar-refractivity contribution in [3.63, 3.8) is 0 Å². The van der Waals surface area contributed by atoms with Crippen molar-refractivity contribution < 1.29 is 17.9 Å². The maximum atomic E-state index is 13.0. The Labute approximate surface area is 143 Å². The number of sulfonamides is 1. The van der Waals surface area contributed by atoms with E-state index in [2.05, 4.69) is 10.1 Å². The highest BCUT2D eigenvalue weighted by Gasteiger charge is 2.34. The number of rotatable bonds is 3. The number of methoxy groups -OCH3 is 1. The van der Waals surface area contributed by atoms with Crippen LogP contribution in [0.3, 0.4) is 0 Å². The molecule has 1 saturated heterocycles. The number of halogens is 1. The molecule has 23 heavy (non-hydrogen) atoms. The predicted molar refractivity (Wildman–Crippen MR) is 90.6 cm³/mol.